The lowest BCUT2D eigenvalue weighted by Crippen LogP contribution is -2.28. The Kier molecular flexibility index (Phi) is 3.80. The Morgan fingerprint density at radius 2 is 2.00 bits per heavy atom. The number of aromatic amines is 1. The fourth-order valence-corrected chi connectivity index (χ4v) is 3.37. The van der Waals surface area contributed by atoms with Crippen molar-refractivity contribution in [3.05, 3.63) is 16.0 Å². The maximum absolute atomic E-state index is 11.4. The van der Waals surface area contributed by atoms with Crippen LogP contribution in [0.2, 0.25) is 0 Å². The van der Waals surface area contributed by atoms with Crippen LogP contribution in [0.3, 0.4) is 0 Å². The number of aromatic nitrogens is 3. The summed E-state index contributed by atoms with van der Waals surface area (Å²) in [5.41, 5.74) is 4.17. The van der Waals surface area contributed by atoms with Gasteiger partial charge in [-0.2, -0.15) is 5.10 Å². The van der Waals surface area contributed by atoms with Crippen LogP contribution in [0.15, 0.2) is 9.90 Å². The first-order chi connectivity index (χ1) is 9.72. The van der Waals surface area contributed by atoms with Crippen molar-refractivity contribution in [1.29, 1.82) is 0 Å². The van der Waals surface area contributed by atoms with Gasteiger partial charge in [0.2, 0.25) is 5.95 Å². The molecule has 20 heavy (non-hydrogen) atoms. The second-order valence-corrected chi connectivity index (χ2v) is 5.93. The monoisotopic (exact) mass is 275 g/mol. The van der Waals surface area contributed by atoms with Gasteiger partial charge in [0.1, 0.15) is 5.69 Å². The van der Waals surface area contributed by atoms with E-state index in [1.54, 1.807) is 6.92 Å². The lowest BCUT2D eigenvalue weighted by Gasteiger charge is -2.35. The molecule has 0 aromatic carbocycles. The number of nitrogens with one attached hydrogen (secondary N) is 2. The second-order valence-electron chi connectivity index (χ2n) is 5.93. The van der Waals surface area contributed by atoms with E-state index in [0.717, 1.165) is 24.7 Å². The molecular weight excluding hydrogens is 254 g/mol. The van der Waals surface area contributed by atoms with Crippen molar-refractivity contribution in [3.8, 4) is 0 Å². The molecule has 6 nitrogen and oxygen atoms in total. The number of hydrazone groups is 1. The minimum absolute atomic E-state index is 0.223. The smallest absolute Gasteiger partial charge is 0.274 e. The number of hydrogen-bond acceptors (Lipinski definition) is 5. The Labute approximate surface area is 118 Å². The van der Waals surface area contributed by atoms with Crippen molar-refractivity contribution in [2.45, 2.75) is 51.9 Å². The van der Waals surface area contributed by atoms with Crippen molar-refractivity contribution in [1.82, 2.24) is 15.2 Å². The molecule has 108 valence electrons. The van der Waals surface area contributed by atoms with E-state index >= 15 is 0 Å². The van der Waals surface area contributed by atoms with Crippen molar-refractivity contribution in [3.63, 3.8) is 0 Å². The van der Waals surface area contributed by atoms with Crippen LogP contribution in [0.1, 0.15) is 50.6 Å². The minimum atomic E-state index is -0.223. The molecule has 0 bridgehead atoms. The Hall–Kier alpha value is -1.72. The molecule has 2 aliphatic rings. The van der Waals surface area contributed by atoms with Crippen LogP contribution in [0.4, 0.5) is 5.95 Å². The van der Waals surface area contributed by atoms with Crippen molar-refractivity contribution >= 4 is 11.7 Å². The summed E-state index contributed by atoms with van der Waals surface area (Å²) in [5, 5.41) is 12.1. The van der Waals surface area contributed by atoms with Crippen LogP contribution in [0.25, 0.3) is 0 Å². The molecule has 1 heterocycles. The molecule has 0 aliphatic heterocycles. The number of nitrogens with zero attached hydrogens (tertiary/aromatic N) is 3. The highest BCUT2D eigenvalue weighted by molar-refractivity contribution is 5.85. The molecule has 2 atom stereocenters. The molecular formula is C14H21N5O. The van der Waals surface area contributed by atoms with Crippen LogP contribution in [0, 0.1) is 18.8 Å². The fourth-order valence-electron chi connectivity index (χ4n) is 3.37. The van der Waals surface area contributed by atoms with Gasteiger partial charge < -0.3 is 0 Å². The first-order valence-corrected chi connectivity index (χ1v) is 7.47. The predicted molar refractivity (Wildman–Crippen MR) is 77.7 cm³/mol. The molecule has 0 saturated heterocycles. The van der Waals surface area contributed by atoms with E-state index in [0.29, 0.717) is 11.6 Å². The molecule has 0 unspecified atom stereocenters. The van der Waals surface area contributed by atoms with E-state index < -0.39 is 0 Å². The predicted octanol–water partition coefficient (Wildman–Crippen LogP) is 2.23. The van der Waals surface area contributed by atoms with Gasteiger partial charge in [-0.3, -0.25) is 9.78 Å². The van der Waals surface area contributed by atoms with E-state index in [9.17, 15) is 4.79 Å². The zero-order valence-electron chi connectivity index (χ0n) is 11.9. The van der Waals surface area contributed by atoms with Gasteiger partial charge in [-0.25, -0.2) is 5.43 Å². The SMILES string of the molecule is Cc1nnc(N/N=C2\CC[C@H]3CCCC[C@@H]3C2)[nH]c1=O. The fraction of sp³-hybridized carbons (Fsp3) is 0.714. The largest absolute Gasteiger partial charge is 0.288 e. The van der Waals surface area contributed by atoms with E-state index in [2.05, 4.69) is 25.7 Å². The first kappa shape index (κ1) is 13.3. The molecule has 1 aromatic heterocycles. The zero-order valence-corrected chi connectivity index (χ0v) is 11.9. The molecule has 0 radical (unpaired) electrons. The maximum Gasteiger partial charge on any atom is 0.274 e. The molecule has 2 aliphatic carbocycles. The molecule has 2 N–H and O–H groups in total. The van der Waals surface area contributed by atoms with Gasteiger partial charge in [0, 0.05) is 5.71 Å². The summed E-state index contributed by atoms with van der Waals surface area (Å²) in [6.07, 6.45) is 8.87. The summed E-state index contributed by atoms with van der Waals surface area (Å²) in [4.78, 5) is 14.1. The Morgan fingerprint density at radius 1 is 1.20 bits per heavy atom. The molecule has 0 spiro atoms. The number of aryl methyl sites for hydroxylation is 1. The Balaban J connectivity index is 1.64. The van der Waals surface area contributed by atoms with E-state index in [4.69, 9.17) is 0 Å². The van der Waals surface area contributed by atoms with Crippen molar-refractivity contribution < 1.29 is 0 Å². The van der Waals surface area contributed by atoms with E-state index in [1.807, 2.05) is 0 Å². The first-order valence-electron chi connectivity index (χ1n) is 7.47. The molecule has 0 amide bonds. The topological polar surface area (TPSA) is 83.0 Å². The van der Waals surface area contributed by atoms with Gasteiger partial charge in [-0.05, 0) is 44.4 Å². The second kappa shape index (κ2) is 5.73. The average molecular weight is 275 g/mol. The number of H-pyrrole nitrogens is 1. The normalized spacial score (nSPS) is 28.1. The van der Waals surface area contributed by atoms with E-state index in [1.165, 1.54) is 37.8 Å². The average Bonchev–Trinajstić information content (AvgIpc) is 2.48. The molecule has 2 fully saturated rings. The molecule has 3 rings (SSSR count). The number of rotatable bonds is 2. The summed E-state index contributed by atoms with van der Waals surface area (Å²) in [5.74, 6) is 2.03. The van der Waals surface area contributed by atoms with Crippen LogP contribution >= 0.6 is 0 Å². The van der Waals surface area contributed by atoms with Crippen molar-refractivity contribution in [2.75, 3.05) is 5.43 Å². The third-order valence-electron chi connectivity index (χ3n) is 4.55. The molecule has 6 heteroatoms. The Morgan fingerprint density at radius 3 is 2.80 bits per heavy atom. The summed E-state index contributed by atoms with van der Waals surface area (Å²) in [7, 11) is 0. The lowest BCUT2D eigenvalue weighted by molar-refractivity contribution is 0.218. The van der Waals surface area contributed by atoms with Gasteiger partial charge in [-0.15, -0.1) is 10.2 Å². The highest BCUT2D eigenvalue weighted by Crippen LogP contribution is 2.39. The van der Waals surface area contributed by atoms with Gasteiger partial charge >= 0.3 is 0 Å². The maximum atomic E-state index is 11.4. The van der Waals surface area contributed by atoms with Crippen LogP contribution in [0.5, 0.6) is 0 Å². The summed E-state index contributed by atoms with van der Waals surface area (Å²) in [6, 6.07) is 0. The highest BCUT2D eigenvalue weighted by atomic mass is 16.1. The summed E-state index contributed by atoms with van der Waals surface area (Å²) < 4.78 is 0. The van der Waals surface area contributed by atoms with Crippen LogP contribution in [-0.4, -0.2) is 20.9 Å². The number of fused-ring (bicyclic) bond motifs is 1. The van der Waals surface area contributed by atoms with Gasteiger partial charge in [-0.1, -0.05) is 19.3 Å². The summed E-state index contributed by atoms with van der Waals surface area (Å²) >= 11 is 0. The Bertz CT molecular complexity index is 565. The lowest BCUT2D eigenvalue weighted by atomic mass is 9.70. The van der Waals surface area contributed by atoms with Crippen LogP contribution < -0.4 is 11.0 Å². The minimum Gasteiger partial charge on any atom is -0.288 e. The van der Waals surface area contributed by atoms with Gasteiger partial charge in [0.15, 0.2) is 0 Å². The quantitative estimate of drug-likeness (QED) is 0.811. The highest BCUT2D eigenvalue weighted by Gasteiger charge is 2.30. The molecule has 2 saturated carbocycles. The number of hydrogen-bond donors (Lipinski definition) is 2. The van der Waals surface area contributed by atoms with Gasteiger partial charge in [0.05, 0.1) is 0 Å². The number of anilines is 1. The third-order valence-corrected chi connectivity index (χ3v) is 4.55. The van der Waals surface area contributed by atoms with E-state index in [-0.39, 0.29) is 5.56 Å². The van der Waals surface area contributed by atoms with Crippen LogP contribution in [-0.2, 0) is 0 Å². The summed E-state index contributed by atoms with van der Waals surface area (Å²) in [6.45, 7) is 1.63. The standard InChI is InChI=1S/C14H21N5O/c1-9-13(20)15-14(18-16-9)19-17-12-7-6-10-4-2-3-5-11(10)8-12/h10-11H,2-8H2,1H3,(H2,15,18,19,20)/b17-12+/t10-,11-/m1/s1. The van der Waals surface area contributed by atoms with Gasteiger partial charge in [0.25, 0.3) is 5.56 Å². The third kappa shape index (κ3) is 2.89. The molecule has 1 aromatic rings. The van der Waals surface area contributed by atoms with Crippen molar-refractivity contribution in [2.24, 2.45) is 16.9 Å². The zero-order chi connectivity index (χ0) is 13.9.